The second-order valence-corrected chi connectivity index (χ2v) is 5.91. The van der Waals surface area contributed by atoms with Gasteiger partial charge < -0.3 is 9.47 Å². The van der Waals surface area contributed by atoms with E-state index in [0.29, 0.717) is 0 Å². The number of halogens is 1. The summed E-state index contributed by atoms with van der Waals surface area (Å²) in [4.78, 5) is 4.55. The molecule has 4 rings (SSSR count). The monoisotopic (exact) mass is 325 g/mol. The number of nitrogens with zero attached hydrogens (tertiary/aromatic N) is 1. The number of benzene rings is 2. The minimum Gasteiger partial charge on any atom is -0.454 e. The first-order chi connectivity index (χ1) is 11.3. The summed E-state index contributed by atoms with van der Waals surface area (Å²) < 4.78 is 23.6. The fourth-order valence-corrected chi connectivity index (χ4v) is 3.02. The second-order valence-electron chi connectivity index (χ2n) is 5.02. The van der Waals surface area contributed by atoms with Crippen LogP contribution in [0.2, 0.25) is 0 Å². The highest BCUT2D eigenvalue weighted by molar-refractivity contribution is 7.10. The van der Waals surface area contributed by atoms with Crippen LogP contribution in [0.1, 0.15) is 10.6 Å². The molecule has 1 aliphatic heterocycles. The van der Waals surface area contributed by atoms with Gasteiger partial charge in [0.05, 0.1) is 5.69 Å². The summed E-state index contributed by atoms with van der Waals surface area (Å²) in [6, 6.07) is 12.2. The molecular formula is C18H12FNO2S. The summed E-state index contributed by atoms with van der Waals surface area (Å²) in [6.07, 6.45) is 3.93. The molecule has 0 saturated carbocycles. The summed E-state index contributed by atoms with van der Waals surface area (Å²) in [5.41, 5.74) is 2.78. The lowest BCUT2D eigenvalue weighted by molar-refractivity contribution is 0.174. The average molecular weight is 325 g/mol. The Balaban J connectivity index is 1.54. The maximum Gasteiger partial charge on any atom is 0.231 e. The molecule has 0 atom stereocenters. The Kier molecular flexibility index (Phi) is 3.55. The largest absolute Gasteiger partial charge is 0.454 e. The fraction of sp³-hybridized carbons (Fsp3) is 0.0556. The average Bonchev–Trinajstić information content (AvgIpc) is 3.22. The Hall–Kier alpha value is -2.66. The molecule has 2 heterocycles. The van der Waals surface area contributed by atoms with Crippen molar-refractivity contribution in [1.82, 2.24) is 4.98 Å². The molecule has 0 unspecified atom stereocenters. The standard InChI is InChI=1S/C18H12FNO2S/c19-14-5-3-13(4-6-14)15-10-23-18(20-15)8-2-12-1-7-16-17(9-12)22-11-21-16/h1-10H,11H2/b8-2+. The zero-order valence-electron chi connectivity index (χ0n) is 12.0. The van der Waals surface area contributed by atoms with Crippen molar-refractivity contribution in [1.29, 1.82) is 0 Å². The van der Waals surface area contributed by atoms with Gasteiger partial charge in [0.15, 0.2) is 11.5 Å². The van der Waals surface area contributed by atoms with Crippen LogP contribution in [-0.4, -0.2) is 11.8 Å². The number of hydrogen-bond donors (Lipinski definition) is 0. The van der Waals surface area contributed by atoms with Crippen molar-refractivity contribution < 1.29 is 13.9 Å². The molecular weight excluding hydrogens is 313 g/mol. The molecule has 1 aromatic heterocycles. The van der Waals surface area contributed by atoms with Gasteiger partial charge in [-0.15, -0.1) is 11.3 Å². The Morgan fingerprint density at radius 3 is 2.70 bits per heavy atom. The van der Waals surface area contributed by atoms with Crippen molar-refractivity contribution in [3.63, 3.8) is 0 Å². The highest BCUT2D eigenvalue weighted by Gasteiger charge is 2.12. The molecule has 114 valence electrons. The summed E-state index contributed by atoms with van der Waals surface area (Å²) >= 11 is 1.55. The predicted molar refractivity (Wildman–Crippen MR) is 89.0 cm³/mol. The second kappa shape index (κ2) is 5.85. The number of ether oxygens (including phenoxy) is 2. The molecule has 3 nitrogen and oxygen atoms in total. The lowest BCUT2D eigenvalue weighted by atomic mass is 10.2. The molecule has 0 bridgehead atoms. The topological polar surface area (TPSA) is 31.4 Å². The van der Waals surface area contributed by atoms with Crippen LogP contribution in [0.5, 0.6) is 11.5 Å². The van der Waals surface area contributed by atoms with Crippen molar-refractivity contribution >= 4 is 23.5 Å². The maximum absolute atomic E-state index is 13.0. The fourth-order valence-electron chi connectivity index (χ4n) is 2.30. The SMILES string of the molecule is Fc1ccc(-c2csc(/C=C/c3ccc4c(c3)OCO4)n2)cc1. The van der Waals surface area contributed by atoms with Gasteiger partial charge in [0.25, 0.3) is 0 Å². The molecule has 2 aromatic carbocycles. The molecule has 0 aliphatic carbocycles. The molecule has 0 radical (unpaired) electrons. The third-order valence-corrected chi connectivity index (χ3v) is 4.29. The highest BCUT2D eigenvalue weighted by Crippen LogP contribution is 2.33. The van der Waals surface area contributed by atoms with Gasteiger partial charge in [-0.05, 0) is 48.0 Å². The Morgan fingerprint density at radius 2 is 1.83 bits per heavy atom. The molecule has 0 saturated heterocycles. The van der Waals surface area contributed by atoms with E-state index >= 15 is 0 Å². The van der Waals surface area contributed by atoms with Gasteiger partial charge >= 0.3 is 0 Å². The van der Waals surface area contributed by atoms with Gasteiger partial charge in [-0.1, -0.05) is 12.1 Å². The molecule has 0 N–H and O–H groups in total. The van der Waals surface area contributed by atoms with Crippen molar-refractivity contribution in [3.8, 4) is 22.8 Å². The molecule has 0 amide bonds. The summed E-state index contributed by atoms with van der Waals surface area (Å²) in [6.45, 7) is 0.274. The van der Waals surface area contributed by atoms with E-state index in [1.807, 2.05) is 35.7 Å². The third kappa shape index (κ3) is 2.96. The first kappa shape index (κ1) is 14.0. The minimum atomic E-state index is -0.244. The van der Waals surface area contributed by atoms with Crippen molar-refractivity contribution in [2.45, 2.75) is 0 Å². The van der Waals surface area contributed by atoms with Crippen LogP contribution in [0, 0.1) is 5.82 Å². The van der Waals surface area contributed by atoms with Crippen LogP contribution >= 0.6 is 11.3 Å². The van der Waals surface area contributed by atoms with Gasteiger partial charge in [-0.2, -0.15) is 0 Å². The normalized spacial score (nSPS) is 12.9. The number of fused-ring (bicyclic) bond motifs is 1. The smallest absolute Gasteiger partial charge is 0.231 e. The quantitative estimate of drug-likeness (QED) is 0.690. The summed E-state index contributed by atoms with van der Waals surface area (Å²) in [5, 5.41) is 2.86. The van der Waals surface area contributed by atoms with E-state index in [0.717, 1.165) is 33.3 Å². The van der Waals surface area contributed by atoms with E-state index in [9.17, 15) is 4.39 Å². The van der Waals surface area contributed by atoms with Crippen molar-refractivity contribution in [3.05, 3.63) is 64.2 Å². The van der Waals surface area contributed by atoms with Gasteiger partial charge in [-0.25, -0.2) is 9.37 Å². The highest BCUT2D eigenvalue weighted by atomic mass is 32.1. The van der Waals surface area contributed by atoms with Crippen LogP contribution in [-0.2, 0) is 0 Å². The van der Waals surface area contributed by atoms with Gasteiger partial charge in [0, 0.05) is 10.9 Å². The maximum atomic E-state index is 13.0. The van der Waals surface area contributed by atoms with Crippen molar-refractivity contribution in [2.75, 3.05) is 6.79 Å². The Bertz CT molecular complexity index is 871. The number of hydrogen-bond acceptors (Lipinski definition) is 4. The number of thiazole rings is 1. The lowest BCUT2D eigenvalue weighted by Gasteiger charge is -1.97. The van der Waals surface area contributed by atoms with Crippen LogP contribution in [0.4, 0.5) is 4.39 Å². The van der Waals surface area contributed by atoms with E-state index in [2.05, 4.69) is 4.98 Å². The zero-order valence-corrected chi connectivity index (χ0v) is 12.8. The predicted octanol–water partition coefficient (Wildman–Crippen LogP) is 4.85. The molecule has 0 spiro atoms. The van der Waals surface area contributed by atoms with Crippen LogP contribution < -0.4 is 9.47 Å². The minimum absolute atomic E-state index is 0.244. The van der Waals surface area contributed by atoms with Crippen LogP contribution in [0.3, 0.4) is 0 Å². The van der Waals surface area contributed by atoms with Gasteiger partial charge in [0.2, 0.25) is 6.79 Å². The van der Waals surface area contributed by atoms with E-state index in [1.54, 1.807) is 23.5 Å². The van der Waals surface area contributed by atoms with E-state index < -0.39 is 0 Å². The van der Waals surface area contributed by atoms with E-state index in [1.165, 1.54) is 12.1 Å². The number of aromatic nitrogens is 1. The summed E-state index contributed by atoms with van der Waals surface area (Å²) in [5.74, 6) is 1.29. The van der Waals surface area contributed by atoms with Crippen molar-refractivity contribution in [2.24, 2.45) is 0 Å². The molecule has 1 aliphatic rings. The third-order valence-electron chi connectivity index (χ3n) is 3.48. The molecule has 23 heavy (non-hydrogen) atoms. The van der Waals surface area contributed by atoms with Gasteiger partial charge in [0.1, 0.15) is 10.8 Å². The van der Waals surface area contributed by atoms with Crippen LogP contribution in [0.15, 0.2) is 47.8 Å². The molecule has 5 heteroatoms. The van der Waals surface area contributed by atoms with Gasteiger partial charge in [-0.3, -0.25) is 0 Å². The first-order valence-corrected chi connectivity index (χ1v) is 7.95. The van der Waals surface area contributed by atoms with E-state index in [-0.39, 0.29) is 12.6 Å². The van der Waals surface area contributed by atoms with Crippen LogP contribution in [0.25, 0.3) is 23.4 Å². The Morgan fingerprint density at radius 1 is 1.00 bits per heavy atom. The molecule has 3 aromatic rings. The zero-order chi connectivity index (χ0) is 15.6. The first-order valence-electron chi connectivity index (χ1n) is 7.07. The Labute approximate surface area is 136 Å². The molecule has 0 fully saturated rings. The summed E-state index contributed by atoms with van der Waals surface area (Å²) in [7, 11) is 0. The lowest BCUT2D eigenvalue weighted by Crippen LogP contribution is -1.92. The van der Waals surface area contributed by atoms with E-state index in [4.69, 9.17) is 9.47 Å². The number of rotatable bonds is 3.